The molecular weight excluding hydrogens is 516 g/mol. The molecule has 4 atom stereocenters. The van der Waals surface area contributed by atoms with Crippen LogP contribution >= 0.6 is 11.8 Å². The summed E-state index contributed by atoms with van der Waals surface area (Å²) in [5.41, 5.74) is 11.9. The SMILES string of the molecule is CSC[C@H](N)C(=O)N[C@@H](Cc1ccc(O)cc1)C(=O)NCC(=O)N[C@@H](C)C(=O)N[C@@H](CCCCN)C(=O)O. The molecule has 0 aliphatic rings. The van der Waals surface area contributed by atoms with Crippen LogP contribution in [0.15, 0.2) is 24.3 Å². The molecule has 0 saturated carbocycles. The molecule has 0 spiro atoms. The van der Waals surface area contributed by atoms with Crippen molar-refractivity contribution in [1.82, 2.24) is 21.3 Å². The number of aliphatic carboxylic acids is 1. The number of hydrogen-bond donors (Lipinski definition) is 8. The van der Waals surface area contributed by atoms with E-state index in [1.54, 1.807) is 18.4 Å². The molecule has 0 aliphatic heterocycles. The van der Waals surface area contributed by atoms with Crippen molar-refractivity contribution in [2.45, 2.75) is 56.8 Å². The van der Waals surface area contributed by atoms with Crippen molar-refractivity contribution >= 4 is 41.4 Å². The number of phenols is 1. The van der Waals surface area contributed by atoms with Crippen LogP contribution in [0.5, 0.6) is 5.75 Å². The van der Waals surface area contributed by atoms with E-state index in [4.69, 9.17) is 11.5 Å². The molecule has 4 amide bonds. The highest BCUT2D eigenvalue weighted by atomic mass is 32.2. The van der Waals surface area contributed by atoms with E-state index in [0.717, 1.165) is 0 Å². The lowest BCUT2D eigenvalue weighted by molar-refractivity contribution is -0.142. The Kier molecular flexibility index (Phi) is 14.8. The minimum atomic E-state index is -1.19. The van der Waals surface area contributed by atoms with Gasteiger partial charge in [-0.1, -0.05) is 12.1 Å². The summed E-state index contributed by atoms with van der Waals surface area (Å²) in [7, 11) is 0. The first-order valence-electron chi connectivity index (χ1n) is 12.1. The number of carbonyl (C=O) groups excluding carboxylic acids is 4. The van der Waals surface area contributed by atoms with E-state index in [9.17, 15) is 34.2 Å². The fraction of sp³-hybridized carbons (Fsp3) is 0.542. The van der Waals surface area contributed by atoms with E-state index in [1.807, 2.05) is 0 Å². The third kappa shape index (κ3) is 12.3. The minimum absolute atomic E-state index is 0.0424. The number of amides is 4. The second-order valence-electron chi connectivity index (χ2n) is 8.68. The molecule has 1 rings (SSSR count). The molecule has 0 heterocycles. The van der Waals surface area contributed by atoms with Crippen LogP contribution in [-0.4, -0.2) is 89.1 Å². The second kappa shape index (κ2) is 17.2. The van der Waals surface area contributed by atoms with E-state index in [0.29, 0.717) is 30.7 Å². The van der Waals surface area contributed by atoms with E-state index in [2.05, 4.69) is 21.3 Å². The zero-order chi connectivity index (χ0) is 28.7. The van der Waals surface area contributed by atoms with Gasteiger partial charge in [0.1, 0.15) is 23.9 Å². The van der Waals surface area contributed by atoms with Crippen molar-refractivity contribution in [1.29, 1.82) is 0 Å². The van der Waals surface area contributed by atoms with Crippen molar-refractivity contribution in [3.63, 3.8) is 0 Å². The summed E-state index contributed by atoms with van der Waals surface area (Å²) in [4.78, 5) is 61.4. The molecule has 1 aromatic rings. The first-order valence-corrected chi connectivity index (χ1v) is 13.5. The van der Waals surface area contributed by atoms with Crippen LogP contribution in [0.4, 0.5) is 0 Å². The number of rotatable bonds is 17. The van der Waals surface area contributed by atoms with Gasteiger partial charge in [-0.05, 0) is 56.7 Å². The highest BCUT2D eigenvalue weighted by molar-refractivity contribution is 7.98. The minimum Gasteiger partial charge on any atom is -0.508 e. The highest BCUT2D eigenvalue weighted by Gasteiger charge is 2.26. The lowest BCUT2D eigenvalue weighted by Gasteiger charge is -2.21. The third-order valence-electron chi connectivity index (χ3n) is 5.45. The van der Waals surface area contributed by atoms with Gasteiger partial charge in [0.2, 0.25) is 23.6 Å². The lowest BCUT2D eigenvalue weighted by Crippen LogP contribution is -2.55. The van der Waals surface area contributed by atoms with E-state index in [1.165, 1.54) is 30.8 Å². The van der Waals surface area contributed by atoms with E-state index in [-0.39, 0.29) is 18.6 Å². The summed E-state index contributed by atoms with van der Waals surface area (Å²) in [5, 5.41) is 28.6. The number of carboxylic acid groups (broad SMARTS) is 1. The Bertz CT molecular complexity index is 947. The quantitative estimate of drug-likeness (QED) is 0.103. The van der Waals surface area contributed by atoms with Crippen molar-refractivity contribution < 1.29 is 34.2 Å². The van der Waals surface area contributed by atoms with Gasteiger partial charge in [0.15, 0.2) is 0 Å². The Balaban J connectivity index is 2.72. The molecule has 1 aromatic carbocycles. The number of phenolic OH excluding ortho intramolecular Hbond substituents is 1. The highest BCUT2D eigenvalue weighted by Crippen LogP contribution is 2.12. The van der Waals surface area contributed by atoms with Crippen molar-refractivity contribution in [3.8, 4) is 5.75 Å². The van der Waals surface area contributed by atoms with Gasteiger partial charge in [0.05, 0.1) is 12.6 Å². The number of thioether (sulfide) groups is 1. The summed E-state index contributed by atoms with van der Waals surface area (Å²) >= 11 is 1.37. The predicted molar refractivity (Wildman–Crippen MR) is 143 cm³/mol. The van der Waals surface area contributed by atoms with Gasteiger partial charge in [-0.25, -0.2) is 4.79 Å². The molecule has 0 aromatic heterocycles. The Morgan fingerprint density at radius 2 is 1.58 bits per heavy atom. The van der Waals surface area contributed by atoms with Gasteiger partial charge in [0, 0.05) is 12.2 Å². The fourth-order valence-corrected chi connectivity index (χ4v) is 3.82. The van der Waals surface area contributed by atoms with Gasteiger partial charge < -0.3 is 42.9 Å². The Morgan fingerprint density at radius 3 is 2.16 bits per heavy atom. The van der Waals surface area contributed by atoms with Crippen molar-refractivity contribution in [2.24, 2.45) is 11.5 Å². The zero-order valence-electron chi connectivity index (χ0n) is 21.6. The third-order valence-corrected chi connectivity index (χ3v) is 6.14. The fourth-order valence-electron chi connectivity index (χ4n) is 3.31. The molecule has 38 heavy (non-hydrogen) atoms. The van der Waals surface area contributed by atoms with Gasteiger partial charge in [-0.3, -0.25) is 19.2 Å². The number of benzene rings is 1. The van der Waals surface area contributed by atoms with Crippen LogP contribution in [0.1, 0.15) is 31.7 Å². The van der Waals surface area contributed by atoms with Gasteiger partial charge in [0.25, 0.3) is 0 Å². The molecule has 0 aliphatic carbocycles. The second-order valence-corrected chi connectivity index (χ2v) is 9.60. The predicted octanol–water partition coefficient (Wildman–Crippen LogP) is -1.57. The van der Waals surface area contributed by atoms with Crippen LogP contribution in [0.2, 0.25) is 0 Å². The number of nitrogens with two attached hydrogens (primary N) is 2. The molecule has 0 unspecified atom stereocenters. The van der Waals surface area contributed by atoms with Crippen LogP contribution in [0.25, 0.3) is 0 Å². The summed E-state index contributed by atoms with van der Waals surface area (Å²) in [6, 6.07) is 2.00. The molecular formula is C24H38N6O7S. The lowest BCUT2D eigenvalue weighted by atomic mass is 10.0. The average molecular weight is 555 g/mol. The van der Waals surface area contributed by atoms with Crippen molar-refractivity contribution in [2.75, 3.05) is 25.1 Å². The Labute approximate surface area is 225 Å². The maximum absolute atomic E-state index is 12.8. The number of hydrogen-bond acceptors (Lipinski definition) is 9. The largest absolute Gasteiger partial charge is 0.508 e. The molecule has 13 nitrogen and oxygen atoms in total. The zero-order valence-corrected chi connectivity index (χ0v) is 22.4. The summed E-state index contributed by atoms with van der Waals surface area (Å²) in [6.07, 6.45) is 3.19. The number of carboxylic acids is 1. The van der Waals surface area contributed by atoms with E-state index >= 15 is 0 Å². The maximum atomic E-state index is 12.8. The maximum Gasteiger partial charge on any atom is 0.326 e. The normalized spacial score (nSPS) is 13.9. The topological polar surface area (TPSA) is 226 Å². The first kappa shape index (κ1) is 32.7. The van der Waals surface area contributed by atoms with Gasteiger partial charge >= 0.3 is 5.97 Å². The molecule has 0 radical (unpaired) electrons. The van der Waals surface area contributed by atoms with Gasteiger partial charge in [-0.2, -0.15) is 11.8 Å². The van der Waals surface area contributed by atoms with Crippen molar-refractivity contribution in [3.05, 3.63) is 29.8 Å². The summed E-state index contributed by atoms with van der Waals surface area (Å²) in [5.74, 6) is -3.37. The number of nitrogens with one attached hydrogen (secondary N) is 4. The smallest absolute Gasteiger partial charge is 0.326 e. The Hall–Kier alpha value is -3.36. The number of aromatic hydroxyl groups is 1. The molecule has 212 valence electrons. The Morgan fingerprint density at radius 1 is 0.947 bits per heavy atom. The summed E-state index contributed by atoms with van der Waals surface area (Å²) < 4.78 is 0. The molecule has 0 bridgehead atoms. The van der Waals surface area contributed by atoms with E-state index < -0.39 is 60.3 Å². The van der Waals surface area contributed by atoms with Crippen LogP contribution in [-0.2, 0) is 30.4 Å². The molecule has 0 fully saturated rings. The van der Waals surface area contributed by atoms with Crippen LogP contribution < -0.4 is 32.7 Å². The summed E-state index contributed by atoms with van der Waals surface area (Å²) in [6.45, 7) is 1.30. The molecule has 14 heteroatoms. The van der Waals surface area contributed by atoms with Crippen LogP contribution in [0, 0.1) is 0 Å². The standard InChI is InChI=1S/C24H38N6O7S/c1-14(21(33)29-18(24(36)37)5-3-4-10-25)28-20(32)12-27-23(35)19(30-22(34)17(26)13-38-2)11-15-6-8-16(31)9-7-15/h6-9,14,17-19,31H,3-5,10-13,25-26H2,1-2H3,(H,27,35)(H,28,32)(H,29,33)(H,30,34)(H,36,37)/t14-,17-,18-,19-/m0/s1. The molecule has 10 N–H and O–H groups in total. The average Bonchev–Trinajstić information content (AvgIpc) is 2.87. The number of unbranched alkanes of at least 4 members (excludes halogenated alkanes) is 1. The number of carbonyl (C=O) groups is 5. The van der Waals surface area contributed by atoms with Gasteiger partial charge in [-0.15, -0.1) is 0 Å². The molecule has 0 saturated heterocycles. The van der Waals surface area contributed by atoms with Crippen LogP contribution in [0.3, 0.4) is 0 Å². The first-order chi connectivity index (χ1) is 18.0. The monoisotopic (exact) mass is 554 g/mol.